The molecule has 10 unspecified atom stereocenters. The summed E-state index contributed by atoms with van der Waals surface area (Å²) in [4.78, 5) is 54.2. The number of piperidine rings is 4. The number of ketones is 4. The molecule has 0 N–H and O–H groups in total. The molecule has 8 aliphatic heterocycles. The highest BCUT2D eigenvalue weighted by Crippen LogP contribution is 2.48. The summed E-state index contributed by atoms with van der Waals surface area (Å²) in [5.41, 5.74) is -8.47. The number of benzene rings is 4. The van der Waals surface area contributed by atoms with Gasteiger partial charge in [-0.3, -0.25) is 38.8 Å². The van der Waals surface area contributed by atoms with Gasteiger partial charge in [0.1, 0.15) is 23.1 Å². The molecule has 4 saturated heterocycles. The molecule has 0 spiro atoms. The molecule has 516 valence electrons. The van der Waals surface area contributed by atoms with Gasteiger partial charge in [-0.2, -0.15) is 0 Å². The molecular weight excluding hydrogens is 1180 g/mol. The largest absolute Gasteiger partial charge is 0.493 e. The normalized spacial score (nSPS) is 49.0. The zero-order valence-electron chi connectivity index (χ0n) is 120. The van der Waals surface area contributed by atoms with E-state index in [0.717, 1.165) is 28.4 Å². The molecule has 4 aromatic rings. The number of hydrogen-bond acceptors (Lipinski definition) is 16. The Hall–Kier alpha value is -6.20. The van der Waals surface area contributed by atoms with Crippen molar-refractivity contribution in [2.75, 3.05) is 109 Å². The van der Waals surface area contributed by atoms with Crippen LogP contribution < -0.4 is 37.9 Å². The Morgan fingerprint density at radius 3 is 1.21 bits per heavy atom. The third kappa shape index (κ3) is 16.4. The number of ether oxygens (including phenoxy) is 8. The minimum atomic E-state index is -4.21. The Labute approximate surface area is 657 Å². The topological polar surface area (TPSA) is 155 Å². The van der Waals surface area contributed by atoms with Crippen molar-refractivity contribution in [2.45, 2.75) is 169 Å². The molecule has 0 radical (unpaired) electrons. The van der Waals surface area contributed by atoms with E-state index in [4.69, 9.17) is 127 Å². The number of hydrogen-bond donors (Lipinski definition) is 0. The lowest BCUT2D eigenvalue weighted by Gasteiger charge is -2.43. The fourth-order valence-corrected chi connectivity index (χ4v) is 9.68. The predicted octanol–water partition coefficient (Wildman–Crippen LogP) is 13.7. The second-order valence-corrected chi connectivity index (χ2v) is 21.2. The fraction of sp³-hybridized carbons (Fsp3) is 0.641. The van der Waals surface area contributed by atoms with Gasteiger partial charge < -0.3 is 37.9 Å². The maximum Gasteiger partial charge on any atom is 0.161 e. The maximum absolute atomic E-state index is 14.0. The number of carbonyl (C=O) groups excluding carboxylic acids is 4. The van der Waals surface area contributed by atoms with E-state index in [-0.39, 0.29) is 27.0 Å². The number of Topliss-reactive ketones (excluding diaryl/α,β-unsaturated/α-hetero) is 4. The lowest BCUT2D eigenvalue weighted by atomic mass is 9.79. The van der Waals surface area contributed by atoms with E-state index >= 15 is 0 Å². The van der Waals surface area contributed by atoms with Gasteiger partial charge in [-0.1, -0.05) is 68.0 Å². The molecule has 4 aromatic carbocycles. The van der Waals surface area contributed by atoms with E-state index < -0.39 is 404 Å². The number of nitrogens with zero attached hydrogens (tertiary/aromatic N) is 4. The van der Waals surface area contributed by atoms with Crippen LogP contribution in [0.3, 0.4) is 0 Å². The summed E-state index contributed by atoms with van der Waals surface area (Å²) >= 11 is 0. The molecule has 0 saturated carbocycles. The van der Waals surface area contributed by atoms with Crippen molar-refractivity contribution in [2.24, 2.45) is 47.2 Å². The fourth-order valence-electron chi connectivity index (χ4n) is 9.68. The molecule has 16 nitrogen and oxygen atoms in total. The quantitative estimate of drug-likeness (QED) is 0.0926. The first kappa shape index (κ1) is 24.7. The third-order valence-corrected chi connectivity index (χ3v) is 14.1. The molecular formula is C78H112N4O12. The summed E-state index contributed by atoms with van der Waals surface area (Å²) in [7, 11) is -9.29. The second-order valence-electron chi connectivity index (χ2n) is 21.2. The van der Waals surface area contributed by atoms with Crippen LogP contribution in [0.1, 0.15) is 281 Å². The minimum absolute atomic E-state index is 0.0243. The van der Waals surface area contributed by atoms with Crippen LogP contribution in [0.2, 0.25) is 0 Å². The van der Waals surface area contributed by atoms with Crippen LogP contribution in [0, 0.1) is 47.2 Å². The first-order valence-electron chi connectivity index (χ1n) is 62.3. The molecule has 0 aromatic heterocycles. The molecule has 0 aliphatic carbocycles. The van der Waals surface area contributed by atoms with Crippen LogP contribution >= 0.6 is 0 Å². The van der Waals surface area contributed by atoms with Crippen molar-refractivity contribution in [3.63, 3.8) is 0 Å². The lowest BCUT2D eigenvalue weighted by molar-refractivity contribution is -0.130. The van der Waals surface area contributed by atoms with E-state index in [1.807, 2.05) is 0 Å². The zero-order chi connectivity index (χ0) is 127. The van der Waals surface area contributed by atoms with Gasteiger partial charge >= 0.3 is 0 Å². The maximum atomic E-state index is 14.0. The van der Waals surface area contributed by atoms with Gasteiger partial charge in [0.15, 0.2) is 46.0 Å². The molecule has 94 heavy (non-hydrogen) atoms. The second kappa shape index (κ2) is 32.7. The summed E-state index contributed by atoms with van der Waals surface area (Å²) < 4.78 is 607. The molecule has 0 amide bonds. The average molecular weight is 1370 g/mol. The smallest absolute Gasteiger partial charge is 0.161 e. The van der Waals surface area contributed by atoms with Crippen LogP contribution in [0.25, 0.3) is 0 Å². The SMILES string of the molecule is [2H]c1c(OC([2H])([2H])[2H])c(OC)c([2H])c2c1C([2H])([2H])C([2H])([2H])N1C([2H])([2H])C([2H])(CC(C)C)C(=O)C([2H])([2H])C21[2H].[2H]c1c(OC([2H])([2H])[2H])c(OC)c([2H])c2c1C([2H])([2H])C([2H])([2H])N1CC([2H])(C([2H])([2H])C([2H])(C([2H])([2H])[2H])C([2H])([2H])C)C(=O)C([2H])([2H])C21[2H].[2H]c1c(OC)c(OC([2H])([2H])[2H])c([2H])c2c1C1([2H])CC(=O)C(C([2H])([2H])C([2H])(C([2H])([2H])[2H])C([2H])([2H])C)C([2H])([2H])N1C([2H])([2H])C2([2H])[2H].[2H]c1c(OC)c(OC([2H])([2H])[2H])c([2H])c2c1C1([2H])CC(=O)C(CC(C)C)C([2H])([2H])N1C([2H])([2H])C2([2H])[2H]. The molecule has 8 heterocycles. The van der Waals surface area contributed by atoms with Gasteiger partial charge in [-0.25, -0.2) is 0 Å². The van der Waals surface area contributed by atoms with Crippen molar-refractivity contribution in [1.82, 2.24) is 19.6 Å². The van der Waals surface area contributed by atoms with Crippen molar-refractivity contribution in [3.8, 4) is 46.0 Å². The summed E-state index contributed by atoms with van der Waals surface area (Å²) in [6, 6.07) is -21.8. The van der Waals surface area contributed by atoms with Crippen LogP contribution in [0.15, 0.2) is 48.3 Å². The summed E-state index contributed by atoms with van der Waals surface area (Å²) in [6.45, 7) is -27.0. The Balaban J connectivity index is 0.000000239. The monoisotopic (exact) mass is 1370 g/mol. The zero-order valence-corrected chi connectivity index (χ0v) is 52.0. The highest BCUT2D eigenvalue weighted by molar-refractivity contribution is 5.85. The van der Waals surface area contributed by atoms with Crippen LogP contribution in [0.5, 0.6) is 46.0 Å². The van der Waals surface area contributed by atoms with Gasteiger partial charge in [0.05, 0.1) is 89.5 Å². The number of methoxy groups -OCH3 is 8. The predicted molar refractivity (Wildman–Crippen MR) is 370 cm³/mol. The van der Waals surface area contributed by atoms with Gasteiger partial charge in [-0.15, -0.1) is 0 Å². The van der Waals surface area contributed by atoms with E-state index in [1.165, 1.54) is 13.8 Å². The van der Waals surface area contributed by atoms with Crippen LogP contribution in [-0.2, 0) is 44.7 Å². The third-order valence-electron chi connectivity index (χ3n) is 14.1. The molecule has 4 fully saturated rings. The van der Waals surface area contributed by atoms with E-state index in [0.29, 0.717) is 18.7 Å². The summed E-state index contributed by atoms with van der Waals surface area (Å²) in [6.07, 6.45) is -39.4. The number of rotatable bonds is 18. The minimum Gasteiger partial charge on any atom is -0.493 e. The number of carbonyl (C=O) groups is 4. The summed E-state index contributed by atoms with van der Waals surface area (Å²) in [5.74, 6) is -33.5. The molecule has 0 bridgehead atoms. The van der Waals surface area contributed by atoms with Crippen molar-refractivity contribution in [3.05, 3.63) is 92.8 Å². The number of fused-ring (bicyclic) bond motifs is 12. The first-order chi connectivity index (χ1) is 71.3. The molecule has 8 aliphatic rings. The Bertz CT molecular complexity index is 6510. The summed E-state index contributed by atoms with van der Waals surface area (Å²) in [5, 5.41) is 0. The first-order valence-corrected chi connectivity index (χ1v) is 28.3. The Morgan fingerprint density at radius 1 is 0.468 bits per heavy atom. The molecule has 10 atom stereocenters. The van der Waals surface area contributed by atoms with Crippen LogP contribution in [-0.4, -0.2) is 151 Å². The van der Waals surface area contributed by atoms with E-state index in [9.17, 15) is 23.3 Å². The van der Waals surface area contributed by atoms with Gasteiger partial charge in [0.25, 0.3) is 0 Å². The van der Waals surface area contributed by atoms with Crippen molar-refractivity contribution < 1.29 is 150 Å². The van der Waals surface area contributed by atoms with Crippen LogP contribution in [0.4, 0.5) is 0 Å². The average Bonchev–Trinajstić information content (AvgIpc) is 0.632. The van der Waals surface area contributed by atoms with E-state index in [1.54, 1.807) is 13.8 Å². The van der Waals surface area contributed by atoms with Crippen molar-refractivity contribution >= 4 is 23.1 Å². The Morgan fingerprint density at radius 2 is 0.819 bits per heavy atom. The van der Waals surface area contributed by atoms with E-state index in [2.05, 4.69) is 0 Å². The lowest BCUT2D eigenvalue weighted by Crippen LogP contribution is -2.46. The highest BCUT2D eigenvalue weighted by Gasteiger charge is 2.43. The van der Waals surface area contributed by atoms with Crippen molar-refractivity contribution in [1.29, 1.82) is 0 Å². The standard InChI is InChI=1S/2C20H29NO3.2C19H27NO3/c2*1-5-13(2)8-15-12-21-7-6-14-9-19(23-3)20(24-4)10-16(14)17(21)11-18(15)22;2*1-12(2)7-14-11-20-6-5-13-8-18(22-3)19(23-4)9-15(13)16(20)10-17(14)21/h2*9-10,13,15,17H,5-8,11-12H2,1-4H3;2*8-9,12,14,16H,5-7,10-11H2,1-4H3/i2D3,3D3,5D2,6D2,7D2,8D2,9D,10D,11D2,13D,15D,17D;2D3,3D3,5D2,6D2,7D2,8D2,9D,10D,12D2,13D,17D;3D3,5D2,6D2,8D,9D,10D2,11D2,14D,16D;3D3,5D2,6D2,8D,9D,11D2,16D. The molecule has 16 heteroatoms. The molecule has 12 rings (SSSR count). The highest BCUT2D eigenvalue weighted by atomic mass is 16.5. The van der Waals surface area contributed by atoms with Gasteiger partial charge in [0.2, 0.25) is 0 Å². The van der Waals surface area contributed by atoms with Gasteiger partial charge in [0, 0.05) is 186 Å². The van der Waals surface area contributed by atoms with Gasteiger partial charge in [-0.05, 0) is 168 Å². The Kier molecular flexibility index (Phi) is 8.58.